The Hall–Kier alpha value is -3.29. The number of halogens is 3. The van der Waals surface area contributed by atoms with Gasteiger partial charge < -0.3 is 14.5 Å². The quantitative estimate of drug-likeness (QED) is 0.375. The molecule has 194 valence electrons. The molecule has 1 aliphatic rings. The smallest absolute Gasteiger partial charge is 0.417 e. The lowest BCUT2D eigenvalue weighted by atomic mass is 10.0. The predicted molar refractivity (Wildman–Crippen MR) is 137 cm³/mol. The molecule has 4 rings (SSSR count). The molecule has 6 nitrogen and oxygen atoms in total. The van der Waals surface area contributed by atoms with Crippen molar-refractivity contribution in [2.75, 3.05) is 38.1 Å². The first kappa shape index (κ1) is 26.8. The van der Waals surface area contributed by atoms with Gasteiger partial charge in [0.25, 0.3) is 0 Å². The summed E-state index contributed by atoms with van der Waals surface area (Å²) in [6.07, 6.45) is -3.04. The van der Waals surface area contributed by atoms with Crippen LogP contribution >= 0.6 is 11.8 Å². The molecule has 10 heteroatoms. The monoisotopic (exact) mass is 527 g/mol. The van der Waals surface area contributed by atoms with Gasteiger partial charge in [-0.3, -0.25) is 0 Å². The van der Waals surface area contributed by atoms with E-state index in [-0.39, 0.29) is 6.61 Å². The number of anilines is 1. The van der Waals surface area contributed by atoms with Gasteiger partial charge >= 0.3 is 6.18 Å². The van der Waals surface area contributed by atoms with E-state index in [1.54, 1.807) is 12.3 Å². The normalized spacial score (nSPS) is 14.6. The van der Waals surface area contributed by atoms with Crippen LogP contribution < -0.4 is 9.64 Å². The molecule has 0 aliphatic carbocycles. The van der Waals surface area contributed by atoms with Crippen LogP contribution in [-0.2, 0) is 12.8 Å². The molecule has 2 aromatic carbocycles. The zero-order valence-corrected chi connectivity index (χ0v) is 21.7. The Morgan fingerprint density at radius 1 is 1.11 bits per heavy atom. The summed E-state index contributed by atoms with van der Waals surface area (Å²) >= 11 is 1.08. The maximum absolute atomic E-state index is 13.5. The van der Waals surface area contributed by atoms with E-state index in [1.165, 1.54) is 17.7 Å². The van der Waals surface area contributed by atoms with Gasteiger partial charge in [-0.15, -0.1) is 0 Å². The third-order valence-corrected chi connectivity index (χ3v) is 7.12. The summed E-state index contributed by atoms with van der Waals surface area (Å²) in [4.78, 5) is 14.3. The lowest BCUT2D eigenvalue weighted by Crippen LogP contribution is -2.45. The summed E-state index contributed by atoms with van der Waals surface area (Å²) in [7, 11) is 2.06. The molecule has 0 N–H and O–H groups in total. The molecule has 0 saturated carbocycles. The number of alkyl halides is 3. The minimum Gasteiger partial charge on any atom is -0.472 e. The zero-order chi connectivity index (χ0) is 26.6. The van der Waals surface area contributed by atoms with Gasteiger partial charge in [0.2, 0.25) is 11.8 Å². The Balaban J connectivity index is 1.64. The SMILES string of the molecule is CC(C)c1cccc(COc2nc(N3CCN(C)CC3)ncc2Sc2ccc(C#N)c(C(F)(F)F)c2)c1. The molecule has 37 heavy (non-hydrogen) atoms. The number of piperazine rings is 1. The predicted octanol–water partition coefficient (Wildman–Crippen LogP) is 5.97. The summed E-state index contributed by atoms with van der Waals surface area (Å²) in [5.74, 6) is 1.20. The molecule has 0 radical (unpaired) electrons. The first-order valence-electron chi connectivity index (χ1n) is 12.0. The summed E-state index contributed by atoms with van der Waals surface area (Å²) in [5, 5.41) is 9.10. The second-order valence-electron chi connectivity index (χ2n) is 9.24. The van der Waals surface area contributed by atoms with Gasteiger partial charge in [-0.25, -0.2) is 4.98 Å². The van der Waals surface area contributed by atoms with E-state index in [0.717, 1.165) is 49.6 Å². The highest BCUT2D eigenvalue weighted by Crippen LogP contribution is 2.39. The molecule has 0 spiro atoms. The van der Waals surface area contributed by atoms with Crippen LogP contribution in [0.3, 0.4) is 0 Å². The van der Waals surface area contributed by atoms with Crippen molar-refractivity contribution in [1.29, 1.82) is 5.26 Å². The topological polar surface area (TPSA) is 65.3 Å². The van der Waals surface area contributed by atoms with Gasteiger partial charge in [0.15, 0.2) is 0 Å². The van der Waals surface area contributed by atoms with E-state index in [9.17, 15) is 13.2 Å². The third-order valence-electron chi connectivity index (χ3n) is 6.13. The molecular weight excluding hydrogens is 499 g/mol. The van der Waals surface area contributed by atoms with Crippen molar-refractivity contribution in [2.24, 2.45) is 0 Å². The molecule has 1 fully saturated rings. The largest absolute Gasteiger partial charge is 0.472 e. The fraction of sp³-hybridized carbons (Fsp3) is 0.370. The fourth-order valence-corrected chi connectivity index (χ4v) is 4.78. The summed E-state index contributed by atoms with van der Waals surface area (Å²) in [5.41, 5.74) is 0.774. The molecule has 0 atom stereocenters. The van der Waals surface area contributed by atoms with Crippen molar-refractivity contribution in [3.63, 3.8) is 0 Å². The Morgan fingerprint density at radius 2 is 1.86 bits per heavy atom. The summed E-state index contributed by atoms with van der Waals surface area (Å²) in [6.45, 7) is 7.79. The standard InChI is InChI=1S/C27H28F3N5OS/c1-18(2)20-6-4-5-19(13-20)17-36-25-24(16-32-26(33-25)35-11-9-34(3)10-12-35)37-22-8-7-21(15-31)23(14-22)27(28,29)30/h4-8,13-14,16,18H,9-12,17H2,1-3H3. The Kier molecular flexibility index (Phi) is 8.25. The second kappa shape index (κ2) is 11.4. The van der Waals surface area contributed by atoms with E-state index in [2.05, 4.69) is 52.8 Å². The maximum atomic E-state index is 13.5. The van der Waals surface area contributed by atoms with Gasteiger partial charge in [0.05, 0.1) is 28.3 Å². The van der Waals surface area contributed by atoms with Crippen LogP contribution in [0.1, 0.15) is 42.0 Å². The Labute approximate surface area is 219 Å². The number of ether oxygens (including phenoxy) is 1. The zero-order valence-electron chi connectivity index (χ0n) is 20.9. The van der Waals surface area contributed by atoms with Gasteiger partial charge in [0, 0.05) is 31.1 Å². The number of aromatic nitrogens is 2. The van der Waals surface area contributed by atoms with Crippen LogP contribution in [0.25, 0.3) is 0 Å². The minimum absolute atomic E-state index is 0.258. The highest BCUT2D eigenvalue weighted by molar-refractivity contribution is 7.99. The van der Waals surface area contributed by atoms with Gasteiger partial charge in [-0.2, -0.15) is 23.4 Å². The lowest BCUT2D eigenvalue weighted by molar-refractivity contribution is -0.137. The number of nitriles is 1. The van der Waals surface area contributed by atoms with Crippen molar-refractivity contribution in [3.8, 4) is 11.9 Å². The molecule has 0 bridgehead atoms. The highest BCUT2D eigenvalue weighted by atomic mass is 32.2. The van der Waals surface area contributed by atoms with E-state index in [0.29, 0.717) is 27.5 Å². The van der Waals surface area contributed by atoms with E-state index in [4.69, 9.17) is 10.00 Å². The molecule has 3 aromatic rings. The minimum atomic E-state index is -4.63. The number of benzene rings is 2. The average molecular weight is 528 g/mol. The van der Waals surface area contributed by atoms with E-state index in [1.807, 2.05) is 12.1 Å². The molecule has 0 amide bonds. The number of hydrogen-bond acceptors (Lipinski definition) is 7. The van der Waals surface area contributed by atoms with Crippen molar-refractivity contribution in [2.45, 2.75) is 42.3 Å². The van der Waals surface area contributed by atoms with Crippen molar-refractivity contribution in [3.05, 3.63) is 70.9 Å². The van der Waals surface area contributed by atoms with Gasteiger partial charge in [-0.05, 0) is 42.3 Å². The first-order chi connectivity index (χ1) is 17.6. The van der Waals surface area contributed by atoms with Gasteiger partial charge in [-0.1, -0.05) is 49.9 Å². The molecule has 2 heterocycles. The van der Waals surface area contributed by atoms with E-state index < -0.39 is 17.3 Å². The first-order valence-corrected chi connectivity index (χ1v) is 12.8. The Bertz CT molecular complexity index is 1280. The number of hydrogen-bond donors (Lipinski definition) is 0. The molecule has 0 unspecified atom stereocenters. The van der Waals surface area contributed by atoms with E-state index >= 15 is 0 Å². The molecular formula is C27H28F3N5OS. The molecule has 1 aliphatic heterocycles. The third kappa shape index (κ3) is 6.73. The number of likely N-dealkylation sites (N-methyl/N-ethyl adjacent to an activating group) is 1. The summed E-state index contributed by atoms with van der Waals surface area (Å²) in [6, 6.07) is 13.4. The maximum Gasteiger partial charge on any atom is 0.417 e. The van der Waals surface area contributed by atoms with Crippen LogP contribution in [0.15, 0.2) is 58.5 Å². The van der Waals surface area contributed by atoms with Crippen LogP contribution in [0.5, 0.6) is 5.88 Å². The number of rotatable bonds is 7. The Morgan fingerprint density at radius 3 is 2.54 bits per heavy atom. The molecule has 1 aromatic heterocycles. The van der Waals surface area contributed by atoms with Crippen LogP contribution in [0.4, 0.5) is 19.1 Å². The number of nitrogens with zero attached hydrogens (tertiary/aromatic N) is 5. The van der Waals surface area contributed by atoms with Crippen molar-refractivity contribution < 1.29 is 17.9 Å². The van der Waals surface area contributed by atoms with Crippen LogP contribution in [0, 0.1) is 11.3 Å². The second-order valence-corrected chi connectivity index (χ2v) is 10.4. The average Bonchev–Trinajstić information content (AvgIpc) is 2.88. The van der Waals surface area contributed by atoms with Gasteiger partial charge in [0.1, 0.15) is 6.61 Å². The summed E-state index contributed by atoms with van der Waals surface area (Å²) < 4.78 is 46.6. The fourth-order valence-electron chi connectivity index (χ4n) is 3.92. The van der Waals surface area contributed by atoms with Crippen molar-refractivity contribution >= 4 is 17.7 Å². The van der Waals surface area contributed by atoms with Crippen LogP contribution in [0.2, 0.25) is 0 Å². The van der Waals surface area contributed by atoms with Crippen molar-refractivity contribution in [1.82, 2.24) is 14.9 Å². The lowest BCUT2D eigenvalue weighted by Gasteiger charge is -2.32. The molecule has 1 saturated heterocycles. The highest BCUT2D eigenvalue weighted by Gasteiger charge is 2.34. The van der Waals surface area contributed by atoms with Crippen LogP contribution in [-0.4, -0.2) is 48.1 Å².